The van der Waals surface area contributed by atoms with E-state index in [-0.39, 0.29) is 17.0 Å². The van der Waals surface area contributed by atoms with Crippen LogP contribution in [-0.2, 0) is 6.42 Å². The SMILES string of the molecule is Cc1cc(/C(N)=N/O)ccc1-n1c(C)cc2c1CC(C)(C)CC2=O. The van der Waals surface area contributed by atoms with Gasteiger partial charge in [0.1, 0.15) is 0 Å². The first-order valence-corrected chi connectivity index (χ1v) is 8.07. The van der Waals surface area contributed by atoms with E-state index in [1.165, 1.54) is 0 Å². The van der Waals surface area contributed by atoms with Gasteiger partial charge >= 0.3 is 0 Å². The number of oxime groups is 1. The van der Waals surface area contributed by atoms with E-state index < -0.39 is 0 Å². The molecule has 0 bridgehead atoms. The zero-order chi connectivity index (χ0) is 17.6. The van der Waals surface area contributed by atoms with E-state index in [9.17, 15) is 4.79 Å². The second kappa shape index (κ2) is 5.51. The molecule has 126 valence electrons. The molecule has 1 aliphatic carbocycles. The summed E-state index contributed by atoms with van der Waals surface area (Å²) in [7, 11) is 0. The normalized spacial score (nSPS) is 17.0. The fourth-order valence-corrected chi connectivity index (χ4v) is 3.61. The third-order valence-electron chi connectivity index (χ3n) is 4.71. The molecule has 0 amide bonds. The molecule has 0 atom stereocenters. The lowest BCUT2D eigenvalue weighted by molar-refractivity contribution is 0.0911. The standard InChI is InChI=1S/C19H23N3O2/c1-11-7-13(18(20)21-24)5-6-15(11)22-12(2)8-14-16(22)9-19(3,4)10-17(14)23/h5-8,24H,9-10H2,1-4H3,(H2,20,21). The van der Waals surface area contributed by atoms with Crippen LogP contribution in [0, 0.1) is 19.3 Å². The molecule has 1 aromatic carbocycles. The molecule has 1 heterocycles. The van der Waals surface area contributed by atoms with Crippen LogP contribution in [0.4, 0.5) is 0 Å². The maximum absolute atomic E-state index is 12.5. The van der Waals surface area contributed by atoms with Crippen LogP contribution >= 0.6 is 0 Å². The summed E-state index contributed by atoms with van der Waals surface area (Å²) in [6.07, 6.45) is 1.45. The van der Waals surface area contributed by atoms with Crippen LogP contribution in [-0.4, -0.2) is 21.4 Å². The van der Waals surface area contributed by atoms with E-state index in [1.54, 1.807) is 0 Å². The number of aryl methyl sites for hydroxylation is 2. The Hall–Kier alpha value is -2.56. The molecule has 0 saturated heterocycles. The van der Waals surface area contributed by atoms with Crippen LogP contribution in [0.25, 0.3) is 5.69 Å². The molecule has 0 fully saturated rings. The molecule has 2 aromatic rings. The molecule has 0 radical (unpaired) electrons. The van der Waals surface area contributed by atoms with Gasteiger partial charge in [-0.3, -0.25) is 4.79 Å². The summed E-state index contributed by atoms with van der Waals surface area (Å²) in [4.78, 5) is 12.5. The highest BCUT2D eigenvalue weighted by molar-refractivity contribution is 5.99. The number of carbonyl (C=O) groups is 1. The maximum atomic E-state index is 12.5. The fraction of sp³-hybridized carbons (Fsp3) is 0.368. The van der Waals surface area contributed by atoms with Crippen LogP contribution < -0.4 is 5.73 Å². The lowest BCUT2D eigenvalue weighted by atomic mass is 9.76. The molecule has 5 nitrogen and oxygen atoms in total. The zero-order valence-electron chi connectivity index (χ0n) is 14.6. The second-order valence-corrected chi connectivity index (χ2v) is 7.41. The quantitative estimate of drug-likeness (QED) is 0.384. The lowest BCUT2D eigenvalue weighted by Crippen LogP contribution is -2.28. The van der Waals surface area contributed by atoms with E-state index in [1.807, 2.05) is 38.1 Å². The Morgan fingerprint density at radius 1 is 1.25 bits per heavy atom. The van der Waals surface area contributed by atoms with Gasteiger partial charge in [0.15, 0.2) is 11.6 Å². The highest BCUT2D eigenvalue weighted by Gasteiger charge is 2.34. The van der Waals surface area contributed by atoms with Gasteiger partial charge in [-0.05, 0) is 55.5 Å². The van der Waals surface area contributed by atoms with Crippen LogP contribution in [0.3, 0.4) is 0 Å². The van der Waals surface area contributed by atoms with Crippen molar-refractivity contribution in [2.45, 2.75) is 40.5 Å². The van der Waals surface area contributed by atoms with Gasteiger partial charge in [-0.2, -0.15) is 0 Å². The van der Waals surface area contributed by atoms with Crippen molar-refractivity contribution in [2.24, 2.45) is 16.3 Å². The summed E-state index contributed by atoms with van der Waals surface area (Å²) in [5.74, 6) is 0.307. The van der Waals surface area contributed by atoms with Crippen molar-refractivity contribution in [1.82, 2.24) is 4.57 Å². The van der Waals surface area contributed by atoms with Crippen molar-refractivity contribution in [2.75, 3.05) is 0 Å². The van der Waals surface area contributed by atoms with Gasteiger partial charge in [0.25, 0.3) is 0 Å². The van der Waals surface area contributed by atoms with Gasteiger partial charge in [-0.15, -0.1) is 0 Å². The van der Waals surface area contributed by atoms with Gasteiger partial charge in [0.05, 0.1) is 0 Å². The number of hydrogen-bond donors (Lipinski definition) is 2. The molecule has 0 saturated carbocycles. The monoisotopic (exact) mass is 325 g/mol. The summed E-state index contributed by atoms with van der Waals surface area (Å²) >= 11 is 0. The lowest BCUT2D eigenvalue weighted by Gasteiger charge is -2.30. The van der Waals surface area contributed by atoms with E-state index in [2.05, 4.69) is 23.6 Å². The average molecular weight is 325 g/mol. The van der Waals surface area contributed by atoms with Crippen LogP contribution in [0.2, 0.25) is 0 Å². The molecule has 3 N–H and O–H groups in total. The minimum Gasteiger partial charge on any atom is -0.409 e. The predicted octanol–water partition coefficient (Wildman–Crippen LogP) is 3.34. The van der Waals surface area contributed by atoms with E-state index in [4.69, 9.17) is 10.9 Å². The van der Waals surface area contributed by atoms with Gasteiger partial charge in [0.2, 0.25) is 0 Å². The molecule has 0 unspecified atom stereocenters. The third-order valence-corrected chi connectivity index (χ3v) is 4.71. The van der Waals surface area contributed by atoms with Crippen molar-refractivity contribution in [3.63, 3.8) is 0 Å². The first-order valence-electron chi connectivity index (χ1n) is 8.07. The highest BCUT2D eigenvalue weighted by Crippen LogP contribution is 2.38. The van der Waals surface area contributed by atoms with Crippen molar-refractivity contribution in [3.8, 4) is 5.69 Å². The van der Waals surface area contributed by atoms with Gasteiger partial charge in [-0.1, -0.05) is 19.0 Å². The molecule has 24 heavy (non-hydrogen) atoms. The Labute approximate surface area is 141 Å². The Balaban J connectivity index is 2.17. The highest BCUT2D eigenvalue weighted by atomic mass is 16.4. The molecule has 1 aliphatic rings. The third kappa shape index (κ3) is 2.60. The Morgan fingerprint density at radius 2 is 1.96 bits per heavy atom. The number of ketones is 1. The fourth-order valence-electron chi connectivity index (χ4n) is 3.61. The first kappa shape index (κ1) is 16.3. The molecule has 0 aliphatic heterocycles. The van der Waals surface area contributed by atoms with E-state index >= 15 is 0 Å². The zero-order valence-corrected chi connectivity index (χ0v) is 14.6. The molecule has 0 spiro atoms. The van der Waals surface area contributed by atoms with Crippen LogP contribution in [0.15, 0.2) is 29.4 Å². The number of fused-ring (bicyclic) bond motifs is 1. The minimum atomic E-state index is -0.0333. The topological polar surface area (TPSA) is 80.6 Å². The van der Waals surface area contributed by atoms with Crippen molar-refractivity contribution in [3.05, 3.63) is 52.3 Å². The molecule has 3 rings (SSSR count). The first-order chi connectivity index (χ1) is 11.2. The smallest absolute Gasteiger partial charge is 0.170 e. The van der Waals surface area contributed by atoms with Crippen molar-refractivity contribution in [1.29, 1.82) is 0 Å². The summed E-state index contributed by atoms with van der Waals surface area (Å²) in [6.45, 7) is 8.28. The number of hydrogen-bond acceptors (Lipinski definition) is 3. The number of Topliss-reactive ketones (excluding diaryl/α,β-unsaturated/α-hetero) is 1. The van der Waals surface area contributed by atoms with Crippen LogP contribution in [0.5, 0.6) is 0 Å². The van der Waals surface area contributed by atoms with Crippen molar-refractivity contribution < 1.29 is 10.0 Å². The Kier molecular flexibility index (Phi) is 3.74. The number of amidine groups is 1. The molecule has 5 heteroatoms. The largest absolute Gasteiger partial charge is 0.409 e. The number of carbonyl (C=O) groups excluding carboxylic acids is 1. The predicted molar refractivity (Wildman–Crippen MR) is 94.2 cm³/mol. The number of benzene rings is 1. The van der Waals surface area contributed by atoms with Crippen LogP contribution in [0.1, 0.15) is 53.1 Å². The number of nitrogens with zero attached hydrogens (tertiary/aromatic N) is 2. The minimum absolute atomic E-state index is 0.0333. The van der Waals surface area contributed by atoms with E-state index in [0.29, 0.717) is 12.0 Å². The summed E-state index contributed by atoms with van der Waals surface area (Å²) in [5, 5.41) is 11.9. The summed E-state index contributed by atoms with van der Waals surface area (Å²) in [6, 6.07) is 7.68. The summed E-state index contributed by atoms with van der Waals surface area (Å²) < 4.78 is 2.17. The van der Waals surface area contributed by atoms with Crippen molar-refractivity contribution >= 4 is 11.6 Å². The molecule has 1 aromatic heterocycles. The van der Waals surface area contributed by atoms with E-state index in [0.717, 1.165) is 34.6 Å². The van der Waals surface area contributed by atoms with Gasteiger partial charge in [-0.25, -0.2) is 0 Å². The average Bonchev–Trinajstić information content (AvgIpc) is 2.82. The molecular formula is C19H23N3O2. The molecular weight excluding hydrogens is 302 g/mol. The Morgan fingerprint density at radius 3 is 2.58 bits per heavy atom. The van der Waals surface area contributed by atoms with Gasteiger partial charge < -0.3 is 15.5 Å². The number of aromatic nitrogens is 1. The second-order valence-electron chi connectivity index (χ2n) is 7.41. The summed E-state index contributed by atoms with van der Waals surface area (Å²) in [5.41, 5.74) is 11.3. The Bertz CT molecular complexity index is 860. The number of rotatable bonds is 2. The number of nitrogens with two attached hydrogens (primary N) is 1. The maximum Gasteiger partial charge on any atom is 0.170 e. The van der Waals surface area contributed by atoms with Gasteiger partial charge in [0, 0.05) is 34.6 Å².